The molecule has 6 nitrogen and oxygen atoms in total. The Hall–Kier alpha value is -0.240. The van der Waals surface area contributed by atoms with E-state index in [9.17, 15) is 0 Å². The van der Waals surface area contributed by atoms with Crippen molar-refractivity contribution in [2.24, 2.45) is 0 Å². The van der Waals surface area contributed by atoms with Crippen molar-refractivity contribution in [1.29, 1.82) is 0 Å². The lowest BCUT2D eigenvalue weighted by Gasteiger charge is -2.37. The number of fused-ring (bicyclic) bond motifs is 3. The van der Waals surface area contributed by atoms with Crippen LogP contribution in [0.4, 0.5) is 0 Å². The van der Waals surface area contributed by atoms with E-state index in [4.69, 9.17) is 28.4 Å². The average Bonchev–Trinajstić information content (AvgIpc) is 3.21. The molecule has 5 aliphatic rings. The molecule has 5 rings (SSSR count). The fraction of sp³-hybridized carbons (Fsp3) is 1.00. The molecule has 0 aromatic rings. The Kier molecular flexibility index (Phi) is 5.24. The quantitative estimate of drug-likeness (QED) is 0.692. The van der Waals surface area contributed by atoms with Gasteiger partial charge < -0.3 is 28.4 Å². The molecule has 6 heteroatoms. The summed E-state index contributed by atoms with van der Waals surface area (Å²) in [4.78, 5) is 0. The first-order valence-electron chi connectivity index (χ1n) is 11.2. The van der Waals surface area contributed by atoms with Gasteiger partial charge in [0.25, 0.3) is 0 Å². The summed E-state index contributed by atoms with van der Waals surface area (Å²) >= 11 is 0. The SMILES string of the molecule is CCCOC[C@H]1O[C@H]2OC3(CCCCC3)O[C@@H]2[C@H]2OC3(CCCCC3)O[C@@H]21. The molecule has 0 radical (unpaired) electrons. The molecular weight excluding hydrogens is 348 g/mol. The maximum Gasteiger partial charge on any atom is 0.190 e. The predicted octanol–water partition coefficient (Wildman–Crippen LogP) is 3.66. The van der Waals surface area contributed by atoms with Gasteiger partial charge in [0.15, 0.2) is 17.9 Å². The van der Waals surface area contributed by atoms with Crippen molar-refractivity contribution in [3.05, 3.63) is 0 Å². The lowest BCUT2D eigenvalue weighted by atomic mass is 9.94. The van der Waals surface area contributed by atoms with Crippen LogP contribution in [-0.4, -0.2) is 55.5 Å². The van der Waals surface area contributed by atoms with Gasteiger partial charge in [-0.05, 0) is 32.1 Å². The van der Waals surface area contributed by atoms with Crippen LogP contribution < -0.4 is 0 Å². The molecule has 0 unspecified atom stereocenters. The molecule has 3 saturated heterocycles. The second kappa shape index (κ2) is 7.54. The smallest absolute Gasteiger partial charge is 0.190 e. The highest BCUT2D eigenvalue weighted by Crippen LogP contribution is 2.50. The lowest BCUT2D eigenvalue weighted by molar-refractivity contribution is -0.256. The second-order valence-electron chi connectivity index (χ2n) is 8.93. The molecule has 0 amide bonds. The van der Waals surface area contributed by atoms with E-state index < -0.39 is 11.6 Å². The van der Waals surface area contributed by atoms with Gasteiger partial charge in [0.1, 0.15) is 24.4 Å². The highest BCUT2D eigenvalue weighted by molar-refractivity contribution is 5.03. The Balaban J connectivity index is 1.36. The summed E-state index contributed by atoms with van der Waals surface area (Å²) in [6.07, 6.45) is 11.0. The molecular formula is C21H34O6. The van der Waals surface area contributed by atoms with E-state index in [1.165, 1.54) is 12.8 Å². The van der Waals surface area contributed by atoms with Gasteiger partial charge in [-0.1, -0.05) is 19.8 Å². The van der Waals surface area contributed by atoms with Crippen molar-refractivity contribution in [2.45, 2.75) is 120 Å². The van der Waals surface area contributed by atoms with E-state index >= 15 is 0 Å². The third kappa shape index (κ3) is 3.47. The zero-order valence-corrected chi connectivity index (χ0v) is 16.5. The molecule has 0 bridgehead atoms. The van der Waals surface area contributed by atoms with Crippen molar-refractivity contribution in [3.8, 4) is 0 Å². The topological polar surface area (TPSA) is 55.4 Å². The highest BCUT2D eigenvalue weighted by Gasteiger charge is 2.63. The molecule has 2 spiro atoms. The molecule has 2 saturated carbocycles. The van der Waals surface area contributed by atoms with Crippen molar-refractivity contribution < 1.29 is 28.4 Å². The first-order chi connectivity index (χ1) is 13.2. The standard InChI is InChI=1S/C21H34O6/c1-2-13-22-14-15-16-17(25-20(24-16)9-5-3-6-10-20)18-19(23-15)27-21(26-18)11-7-4-8-12-21/h15-19H,2-14H2,1H3/t15-,16-,17+,18-,19+/m1/s1. The van der Waals surface area contributed by atoms with Gasteiger partial charge in [-0.2, -0.15) is 0 Å². The van der Waals surface area contributed by atoms with E-state index in [1.54, 1.807) is 0 Å². The first-order valence-corrected chi connectivity index (χ1v) is 11.2. The van der Waals surface area contributed by atoms with Crippen LogP contribution in [0.25, 0.3) is 0 Å². The first kappa shape index (κ1) is 18.8. The minimum Gasteiger partial charge on any atom is -0.379 e. The number of hydrogen-bond donors (Lipinski definition) is 0. The van der Waals surface area contributed by atoms with E-state index in [2.05, 4.69) is 6.92 Å². The zero-order valence-electron chi connectivity index (χ0n) is 16.5. The Morgan fingerprint density at radius 3 is 2.00 bits per heavy atom. The van der Waals surface area contributed by atoms with Gasteiger partial charge in [-0.15, -0.1) is 0 Å². The van der Waals surface area contributed by atoms with E-state index in [0.29, 0.717) is 6.61 Å². The molecule has 2 aliphatic carbocycles. The minimum absolute atomic E-state index is 0.127. The molecule has 0 aromatic heterocycles. The van der Waals surface area contributed by atoms with Crippen LogP contribution in [0.1, 0.15) is 77.6 Å². The summed E-state index contributed by atoms with van der Waals surface area (Å²) in [6, 6.07) is 0. The fourth-order valence-electron chi connectivity index (χ4n) is 5.52. The molecule has 27 heavy (non-hydrogen) atoms. The Morgan fingerprint density at radius 1 is 0.741 bits per heavy atom. The summed E-state index contributed by atoms with van der Waals surface area (Å²) in [6.45, 7) is 3.38. The average molecular weight is 382 g/mol. The number of hydrogen-bond acceptors (Lipinski definition) is 6. The van der Waals surface area contributed by atoms with E-state index in [1.807, 2.05) is 0 Å². The summed E-state index contributed by atoms with van der Waals surface area (Å²) in [5.41, 5.74) is 0. The molecule has 154 valence electrons. The van der Waals surface area contributed by atoms with Crippen LogP contribution in [0.2, 0.25) is 0 Å². The summed E-state index contributed by atoms with van der Waals surface area (Å²) < 4.78 is 38.3. The summed E-state index contributed by atoms with van der Waals surface area (Å²) in [7, 11) is 0. The third-order valence-electron chi connectivity index (χ3n) is 6.84. The van der Waals surface area contributed by atoms with Gasteiger partial charge >= 0.3 is 0 Å². The summed E-state index contributed by atoms with van der Waals surface area (Å²) in [5.74, 6) is -0.941. The second-order valence-corrected chi connectivity index (χ2v) is 8.93. The highest BCUT2D eigenvalue weighted by atomic mass is 16.9. The zero-order chi connectivity index (χ0) is 18.3. The molecule has 5 atom stereocenters. The largest absolute Gasteiger partial charge is 0.379 e. The van der Waals surface area contributed by atoms with Crippen molar-refractivity contribution in [2.75, 3.05) is 13.2 Å². The fourth-order valence-corrected chi connectivity index (χ4v) is 5.52. The van der Waals surface area contributed by atoms with Crippen molar-refractivity contribution >= 4 is 0 Å². The Labute approximate surface area is 162 Å². The minimum atomic E-state index is -0.483. The monoisotopic (exact) mass is 382 g/mol. The number of rotatable bonds is 4. The lowest BCUT2D eigenvalue weighted by Crippen LogP contribution is -2.56. The van der Waals surface area contributed by atoms with Crippen LogP contribution in [0, 0.1) is 0 Å². The van der Waals surface area contributed by atoms with Gasteiger partial charge in [0, 0.05) is 32.3 Å². The molecule has 5 fully saturated rings. The maximum atomic E-state index is 6.62. The number of ether oxygens (including phenoxy) is 6. The van der Waals surface area contributed by atoms with Gasteiger partial charge in [0.2, 0.25) is 0 Å². The predicted molar refractivity (Wildman–Crippen MR) is 97.1 cm³/mol. The maximum absolute atomic E-state index is 6.62. The third-order valence-corrected chi connectivity index (χ3v) is 6.84. The Bertz CT molecular complexity index is 513. The summed E-state index contributed by atoms with van der Waals surface area (Å²) in [5, 5.41) is 0. The Morgan fingerprint density at radius 2 is 1.33 bits per heavy atom. The van der Waals surface area contributed by atoms with Crippen LogP contribution in [-0.2, 0) is 28.4 Å². The molecule has 0 N–H and O–H groups in total. The van der Waals surface area contributed by atoms with Crippen molar-refractivity contribution in [1.82, 2.24) is 0 Å². The van der Waals surface area contributed by atoms with Gasteiger partial charge in [0.05, 0.1) is 6.61 Å². The van der Waals surface area contributed by atoms with E-state index in [0.717, 1.165) is 64.4 Å². The normalized spacial score (nSPS) is 42.3. The van der Waals surface area contributed by atoms with Crippen LogP contribution in [0.15, 0.2) is 0 Å². The van der Waals surface area contributed by atoms with Gasteiger partial charge in [-0.25, -0.2) is 0 Å². The van der Waals surface area contributed by atoms with Gasteiger partial charge in [-0.3, -0.25) is 0 Å². The van der Waals surface area contributed by atoms with Crippen LogP contribution in [0.5, 0.6) is 0 Å². The molecule has 3 heterocycles. The van der Waals surface area contributed by atoms with E-state index in [-0.39, 0.29) is 30.7 Å². The van der Waals surface area contributed by atoms with Crippen molar-refractivity contribution in [3.63, 3.8) is 0 Å². The van der Waals surface area contributed by atoms with Crippen LogP contribution >= 0.6 is 0 Å². The molecule has 0 aromatic carbocycles. The molecule has 3 aliphatic heterocycles. The van der Waals surface area contributed by atoms with Crippen LogP contribution in [0.3, 0.4) is 0 Å².